The summed E-state index contributed by atoms with van der Waals surface area (Å²) < 4.78 is 36.6. The highest BCUT2D eigenvalue weighted by Crippen LogP contribution is 2.25. The van der Waals surface area contributed by atoms with Crippen molar-refractivity contribution in [1.29, 1.82) is 0 Å². The van der Waals surface area contributed by atoms with E-state index in [1.165, 1.54) is 12.1 Å². The summed E-state index contributed by atoms with van der Waals surface area (Å²) in [6.07, 6.45) is 0. The molecule has 0 saturated carbocycles. The lowest BCUT2D eigenvalue weighted by Crippen LogP contribution is -2.00. The summed E-state index contributed by atoms with van der Waals surface area (Å²) in [7, 11) is -4.18. The Hall–Kier alpha value is -1.85. The number of benzene rings is 2. The van der Waals surface area contributed by atoms with E-state index in [1.807, 2.05) is 18.2 Å². The van der Waals surface area contributed by atoms with Crippen LogP contribution < -0.4 is 4.74 Å². The molecule has 2 aromatic carbocycles. The molecule has 0 amide bonds. The van der Waals surface area contributed by atoms with Crippen LogP contribution in [-0.4, -0.2) is 13.0 Å². The summed E-state index contributed by atoms with van der Waals surface area (Å²) in [5.41, 5.74) is 0.436. The zero-order chi connectivity index (χ0) is 13.2. The highest BCUT2D eigenvalue weighted by molar-refractivity contribution is 7.85. The summed E-state index contributed by atoms with van der Waals surface area (Å²) in [5, 5.41) is 0. The van der Waals surface area contributed by atoms with Gasteiger partial charge >= 0.3 is 0 Å². The molecule has 4 nitrogen and oxygen atoms in total. The first-order chi connectivity index (χ1) is 8.47. The van der Waals surface area contributed by atoms with Crippen molar-refractivity contribution in [3.05, 3.63) is 54.1 Å². The van der Waals surface area contributed by atoms with Gasteiger partial charge in [-0.15, -0.1) is 0 Å². The van der Waals surface area contributed by atoms with E-state index in [0.717, 1.165) is 0 Å². The fourth-order valence-electron chi connectivity index (χ4n) is 1.60. The molecule has 0 bridgehead atoms. The number of aryl methyl sites for hydroxylation is 1. The summed E-state index contributed by atoms with van der Waals surface area (Å²) in [4.78, 5) is -0.108. The lowest BCUT2D eigenvalue weighted by atomic mass is 10.2. The molecule has 5 heteroatoms. The van der Waals surface area contributed by atoms with Crippen molar-refractivity contribution in [2.24, 2.45) is 0 Å². The van der Waals surface area contributed by atoms with Gasteiger partial charge in [-0.05, 0) is 42.8 Å². The van der Waals surface area contributed by atoms with E-state index < -0.39 is 10.1 Å². The van der Waals surface area contributed by atoms with Gasteiger partial charge in [-0.3, -0.25) is 4.55 Å². The van der Waals surface area contributed by atoms with Gasteiger partial charge in [-0.1, -0.05) is 18.2 Å². The minimum absolute atomic E-state index is 0.108. The van der Waals surface area contributed by atoms with Crippen LogP contribution in [0.4, 0.5) is 0 Å². The minimum Gasteiger partial charge on any atom is -0.457 e. The quantitative estimate of drug-likeness (QED) is 0.865. The summed E-state index contributed by atoms with van der Waals surface area (Å²) in [6.45, 7) is 1.60. The van der Waals surface area contributed by atoms with Crippen molar-refractivity contribution in [1.82, 2.24) is 0 Å². The van der Waals surface area contributed by atoms with Crippen LogP contribution in [0.3, 0.4) is 0 Å². The zero-order valence-corrected chi connectivity index (χ0v) is 10.5. The Morgan fingerprint density at radius 3 is 2.22 bits per heavy atom. The molecule has 0 heterocycles. The smallest absolute Gasteiger partial charge is 0.294 e. The monoisotopic (exact) mass is 264 g/mol. The van der Waals surface area contributed by atoms with Crippen molar-refractivity contribution < 1.29 is 17.7 Å². The molecule has 0 atom stereocenters. The van der Waals surface area contributed by atoms with E-state index in [1.54, 1.807) is 25.1 Å². The van der Waals surface area contributed by atoms with Crippen molar-refractivity contribution in [3.8, 4) is 11.5 Å². The topological polar surface area (TPSA) is 63.6 Å². The van der Waals surface area contributed by atoms with E-state index in [2.05, 4.69) is 0 Å². The number of hydrogen-bond acceptors (Lipinski definition) is 3. The molecule has 1 N–H and O–H groups in total. The van der Waals surface area contributed by atoms with Crippen LogP contribution in [0.2, 0.25) is 0 Å². The average Bonchev–Trinajstić information content (AvgIpc) is 2.28. The largest absolute Gasteiger partial charge is 0.457 e. The molecule has 18 heavy (non-hydrogen) atoms. The summed E-state index contributed by atoms with van der Waals surface area (Å²) in [5.74, 6) is 1.18. The maximum absolute atomic E-state index is 11.0. The first-order valence-electron chi connectivity index (χ1n) is 5.28. The Kier molecular flexibility index (Phi) is 3.36. The molecule has 0 radical (unpaired) electrons. The fourth-order valence-corrected chi connectivity index (χ4v) is 2.31. The highest BCUT2D eigenvalue weighted by atomic mass is 32.2. The van der Waals surface area contributed by atoms with Gasteiger partial charge in [0.25, 0.3) is 10.1 Å². The fraction of sp³-hybridized carbons (Fsp3) is 0.0769. The molecule has 0 aromatic heterocycles. The second-order valence-electron chi connectivity index (χ2n) is 3.82. The molecular weight excluding hydrogens is 252 g/mol. The van der Waals surface area contributed by atoms with Crippen molar-refractivity contribution in [2.75, 3.05) is 0 Å². The maximum atomic E-state index is 11.0. The average molecular weight is 264 g/mol. The van der Waals surface area contributed by atoms with Gasteiger partial charge < -0.3 is 4.74 Å². The third-order valence-corrected chi connectivity index (χ3v) is 3.42. The van der Waals surface area contributed by atoms with Crippen molar-refractivity contribution >= 4 is 10.1 Å². The lowest BCUT2D eigenvalue weighted by molar-refractivity contribution is 0.477. The van der Waals surface area contributed by atoms with Crippen LogP contribution in [0.15, 0.2) is 53.4 Å². The Balaban J connectivity index is 2.30. The molecule has 94 valence electrons. The normalized spacial score (nSPS) is 11.2. The molecule has 0 unspecified atom stereocenters. The van der Waals surface area contributed by atoms with E-state index in [-0.39, 0.29) is 4.90 Å². The minimum atomic E-state index is -4.18. The van der Waals surface area contributed by atoms with Gasteiger partial charge in [-0.2, -0.15) is 8.42 Å². The van der Waals surface area contributed by atoms with Gasteiger partial charge in [0, 0.05) is 0 Å². The standard InChI is InChI=1S/C13H12O4S/c1-10-9-12(7-8-13(10)18(14,15)16)17-11-5-3-2-4-6-11/h2-9H,1H3,(H,14,15,16). The third kappa shape index (κ3) is 2.88. The van der Waals surface area contributed by atoms with Crippen LogP contribution in [-0.2, 0) is 10.1 Å². The molecular formula is C13H12O4S. The number of ether oxygens (including phenoxy) is 1. The Bertz CT molecular complexity index is 648. The van der Waals surface area contributed by atoms with Crippen LogP contribution in [0.5, 0.6) is 11.5 Å². The van der Waals surface area contributed by atoms with E-state index in [9.17, 15) is 8.42 Å². The van der Waals surface area contributed by atoms with Gasteiger partial charge in [0.2, 0.25) is 0 Å². The van der Waals surface area contributed by atoms with Gasteiger partial charge in [0.15, 0.2) is 0 Å². The van der Waals surface area contributed by atoms with Gasteiger partial charge in [0.1, 0.15) is 11.5 Å². The van der Waals surface area contributed by atoms with Gasteiger partial charge in [0.05, 0.1) is 4.90 Å². The molecule has 0 aliphatic carbocycles. The van der Waals surface area contributed by atoms with E-state index in [4.69, 9.17) is 9.29 Å². The van der Waals surface area contributed by atoms with Gasteiger partial charge in [-0.25, -0.2) is 0 Å². The van der Waals surface area contributed by atoms with Crippen molar-refractivity contribution in [3.63, 3.8) is 0 Å². The maximum Gasteiger partial charge on any atom is 0.294 e. The second-order valence-corrected chi connectivity index (χ2v) is 5.21. The Morgan fingerprint density at radius 2 is 1.67 bits per heavy atom. The Labute approximate surface area is 106 Å². The molecule has 2 rings (SSSR count). The van der Waals surface area contributed by atoms with Crippen LogP contribution >= 0.6 is 0 Å². The Morgan fingerprint density at radius 1 is 1.00 bits per heavy atom. The highest BCUT2D eigenvalue weighted by Gasteiger charge is 2.13. The predicted octanol–water partition coefficient (Wildman–Crippen LogP) is 3.03. The third-order valence-electron chi connectivity index (χ3n) is 2.40. The molecule has 0 aliphatic rings. The number of rotatable bonds is 3. The molecule has 0 spiro atoms. The summed E-state index contributed by atoms with van der Waals surface area (Å²) >= 11 is 0. The molecule has 0 fully saturated rings. The molecule has 2 aromatic rings. The lowest BCUT2D eigenvalue weighted by Gasteiger charge is -2.08. The zero-order valence-electron chi connectivity index (χ0n) is 9.70. The van der Waals surface area contributed by atoms with Crippen LogP contribution in [0.1, 0.15) is 5.56 Å². The first kappa shape index (κ1) is 12.6. The van der Waals surface area contributed by atoms with Crippen LogP contribution in [0, 0.1) is 6.92 Å². The van der Waals surface area contributed by atoms with E-state index in [0.29, 0.717) is 17.1 Å². The molecule has 0 saturated heterocycles. The van der Waals surface area contributed by atoms with Crippen molar-refractivity contribution in [2.45, 2.75) is 11.8 Å². The van der Waals surface area contributed by atoms with E-state index >= 15 is 0 Å². The second kappa shape index (κ2) is 4.80. The van der Waals surface area contributed by atoms with Crippen LogP contribution in [0.25, 0.3) is 0 Å². The predicted molar refractivity (Wildman–Crippen MR) is 67.5 cm³/mol. The molecule has 0 aliphatic heterocycles. The SMILES string of the molecule is Cc1cc(Oc2ccccc2)ccc1S(=O)(=O)O. The summed E-state index contributed by atoms with van der Waals surface area (Å²) in [6, 6.07) is 13.5. The first-order valence-corrected chi connectivity index (χ1v) is 6.72. The number of para-hydroxylation sites is 1. The number of hydrogen-bond donors (Lipinski definition) is 1.